The summed E-state index contributed by atoms with van der Waals surface area (Å²) in [6, 6.07) is 7.11. The van der Waals surface area contributed by atoms with Crippen LogP contribution in [-0.2, 0) is 0 Å². The number of rotatable bonds is 0. The smallest absolute Gasteiger partial charge is 0.0426 e. The fourth-order valence-corrected chi connectivity index (χ4v) is 1.31. The van der Waals surface area contributed by atoms with Gasteiger partial charge in [-0.05, 0) is 18.2 Å². The molecule has 0 atom stereocenters. The van der Waals surface area contributed by atoms with Crippen molar-refractivity contribution in [2.45, 2.75) is 0 Å². The summed E-state index contributed by atoms with van der Waals surface area (Å²) in [6.07, 6.45) is 0. The second kappa shape index (κ2) is 6.65. The van der Waals surface area contributed by atoms with Crippen LogP contribution in [0.15, 0.2) is 24.3 Å². The molecule has 3 nitrogen and oxygen atoms in total. The first-order chi connectivity index (χ1) is 6.79. The molecule has 1 aliphatic heterocycles. The van der Waals surface area contributed by atoms with E-state index < -0.39 is 0 Å². The molecule has 0 unspecified atom stereocenters. The molecule has 0 saturated carbocycles. The van der Waals surface area contributed by atoms with Crippen LogP contribution in [0.4, 0.5) is 5.69 Å². The van der Waals surface area contributed by atoms with Crippen molar-refractivity contribution in [3.8, 4) is 0 Å². The number of halogens is 1. The lowest BCUT2D eigenvalue weighted by molar-refractivity contribution is 0.534. The first-order valence-electron chi connectivity index (χ1n) is 4.71. The van der Waals surface area contributed by atoms with Gasteiger partial charge < -0.3 is 16.4 Å². The fourth-order valence-electron chi connectivity index (χ4n) is 1.11. The van der Waals surface area contributed by atoms with Crippen molar-refractivity contribution in [2.75, 3.05) is 31.9 Å². The highest BCUT2D eigenvalue weighted by Gasteiger charge is 1.91. The SMILES string of the molecule is C1CNCCN1.Nc1cccc(Cl)c1. The quantitative estimate of drug-likeness (QED) is 0.566. The molecule has 78 valence electrons. The van der Waals surface area contributed by atoms with Gasteiger partial charge in [-0.25, -0.2) is 0 Å². The van der Waals surface area contributed by atoms with Gasteiger partial charge in [-0.15, -0.1) is 0 Å². The molecule has 4 heteroatoms. The Hall–Kier alpha value is -0.770. The lowest BCUT2D eigenvalue weighted by Gasteiger charge is -2.11. The first-order valence-corrected chi connectivity index (χ1v) is 5.09. The summed E-state index contributed by atoms with van der Waals surface area (Å²) in [6.45, 7) is 4.56. The molecule has 1 heterocycles. The molecule has 0 amide bonds. The molecular formula is C10H16ClN3. The molecule has 0 radical (unpaired) electrons. The molecule has 1 aromatic carbocycles. The zero-order valence-corrected chi connectivity index (χ0v) is 8.85. The maximum absolute atomic E-state index is 5.56. The van der Waals surface area contributed by atoms with Crippen molar-refractivity contribution in [1.82, 2.24) is 10.6 Å². The summed E-state index contributed by atoms with van der Waals surface area (Å²) in [5.74, 6) is 0. The van der Waals surface area contributed by atoms with E-state index in [1.54, 1.807) is 18.2 Å². The molecule has 0 spiro atoms. The normalized spacial score (nSPS) is 15.5. The van der Waals surface area contributed by atoms with Crippen molar-refractivity contribution < 1.29 is 0 Å². The summed E-state index contributed by atoms with van der Waals surface area (Å²) in [5, 5.41) is 7.13. The maximum atomic E-state index is 5.56. The van der Waals surface area contributed by atoms with Crippen LogP contribution >= 0.6 is 11.6 Å². The summed E-state index contributed by atoms with van der Waals surface area (Å²) in [4.78, 5) is 0. The predicted octanol–water partition coefficient (Wildman–Crippen LogP) is 1.10. The average Bonchev–Trinajstić information content (AvgIpc) is 2.21. The second-order valence-electron chi connectivity index (χ2n) is 3.06. The zero-order valence-electron chi connectivity index (χ0n) is 8.09. The van der Waals surface area contributed by atoms with Gasteiger partial charge in [-0.3, -0.25) is 0 Å². The Bertz CT molecular complexity index is 233. The van der Waals surface area contributed by atoms with Gasteiger partial charge in [0.2, 0.25) is 0 Å². The highest BCUT2D eigenvalue weighted by atomic mass is 35.5. The summed E-state index contributed by atoms with van der Waals surface area (Å²) in [5.41, 5.74) is 6.08. The largest absolute Gasteiger partial charge is 0.399 e. The second-order valence-corrected chi connectivity index (χ2v) is 3.49. The van der Waals surface area contributed by atoms with Crippen molar-refractivity contribution in [2.24, 2.45) is 0 Å². The van der Waals surface area contributed by atoms with Crippen LogP contribution in [0.1, 0.15) is 0 Å². The van der Waals surface area contributed by atoms with Gasteiger partial charge in [0, 0.05) is 36.9 Å². The molecule has 1 aliphatic rings. The van der Waals surface area contributed by atoms with E-state index in [1.165, 1.54) is 0 Å². The summed E-state index contributed by atoms with van der Waals surface area (Å²) in [7, 11) is 0. The Morgan fingerprint density at radius 1 is 1.07 bits per heavy atom. The van der Waals surface area contributed by atoms with Crippen molar-refractivity contribution in [3.05, 3.63) is 29.3 Å². The minimum atomic E-state index is 0.685. The third-order valence-electron chi connectivity index (χ3n) is 1.81. The molecule has 2 rings (SSSR count). The number of nitrogens with one attached hydrogen (secondary N) is 2. The zero-order chi connectivity index (χ0) is 10.2. The van der Waals surface area contributed by atoms with Gasteiger partial charge >= 0.3 is 0 Å². The number of hydrogen-bond acceptors (Lipinski definition) is 3. The molecule has 1 aromatic rings. The number of benzene rings is 1. The third-order valence-corrected chi connectivity index (χ3v) is 2.04. The Morgan fingerprint density at radius 2 is 1.64 bits per heavy atom. The predicted molar refractivity (Wildman–Crippen MR) is 61.6 cm³/mol. The Kier molecular flexibility index (Phi) is 5.37. The highest BCUT2D eigenvalue weighted by Crippen LogP contribution is 2.10. The number of piperazine rings is 1. The summed E-state index contributed by atoms with van der Waals surface area (Å²) >= 11 is 5.56. The monoisotopic (exact) mass is 213 g/mol. The number of hydrogen-bond donors (Lipinski definition) is 3. The van der Waals surface area contributed by atoms with Crippen molar-refractivity contribution in [3.63, 3.8) is 0 Å². The Labute approximate surface area is 89.6 Å². The minimum absolute atomic E-state index is 0.685. The van der Waals surface area contributed by atoms with Crippen LogP contribution in [0.25, 0.3) is 0 Å². The van der Waals surface area contributed by atoms with Gasteiger partial charge in [-0.2, -0.15) is 0 Å². The highest BCUT2D eigenvalue weighted by molar-refractivity contribution is 6.30. The number of nitrogen functional groups attached to an aromatic ring is 1. The first kappa shape index (κ1) is 11.3. The maximum Gasteiger partial charge on any atom is 0.0426 e. The van der Waals surface area contributed by atoms with Gasteiger partial charge in [0.1, 0.15) is 0 Å². The van der Waals surface area contributed by atoms with Gasteiger partial charge in [0.25, 0.3) is 0 Å². The van der Waals surface area contributed by atoms with Crippen molar-refractivity contribution in [1.29, 1.82) is 0 Å². The number of nitrogens with two attached hydrogens (primary N) is 1. The Morgan fingerprint density at radius 3 is 1.93 bits per heavy atom. The minimum Gasteiger partial charge on any atom is -0.399 e. The fraction of sp³-hybridized carbons (Fsp3) is 0.400. The van der Waals surface area contributed by atoms with E-state index in [0.717, 1.165) is 26.2 Å². The van der Waals surface area contributed by atoms with E-state index in [1.807, 2.05) is 6.07 Å². The van der Waals surface area contributed by atoms with E-state index in [4.69, 9.17) is 17.3 Å². The van der Waals surface area contributed by atoms with E-state index in [2.05, 4.69) is 10.6 Å². The average molecular weight is 214 g/mol. The molecule has 14 heavy (non-hydrogen) atoms. The van der Waals surface area contributed by atoms with Crippen LogP contribution in [0, 0.1) is 0 Å². The van der Waals surface area contributed by atoms with E-state index in [-0.39, 0.29) is 0 Å². The lowest BCUT2D eigenvalue weighted by atomic mass is 10.3. The topological polar surface area (TPSA) is 50.1 Å². The van der Waals surface area contributed by atoms with Gasteiger partial charge in [-0.1, -0.05) is 17.7 Å². The van der Waals surface area contributed by atoms with Crippen LogP contribution in [0.2, 0.25) is 5.02 Å². The van der Waals surface area contributed by atoms with Crippen LogP contribution in [0.5, 0.6) is 0 Å². The summed E-state index contributed by atoms with van der Waals surface area (Å²) < 4.78 is 0. The van der Waals surface area contributed by atoms with Crippen molar-refractivity contribution >= 4 is 17.3 Å². The molecule has 0 bridgehead atoms. The van der Waals surface area contributed by atoms with Crippen LogP contribution < -0.4 is 16.4 Å². The number of anilines is 1. The van der Waals surface area contributed by atoms with E-state index >= 15 is 0 Å². The third kappa shape index (κ3) is 5.07. The molecule has 0 aromatic heterocycles. The molecular weight excluding hydrogens is 198 g/mol. The van der Waals surface area contributed by atoms with Gasteiger partial charge in [0.15, 0.2) is 0 Å². The molecule has 4 N–H and O–H groups in total. The van der Waals surface area contributed by atoms with Crippen LogP contribution in [0.3, 0.4) is 0 Å². The standard InChI is InChI=1S/C6H6ClN.C4H10N2/c7-5-2-1-3-6(8)4-5;1-2-6-4-3-5-1/h1-4H,8H2;5-6H,1-4H2. The van der Waals surface area contributed by atoms with E-state index in [9.17, 15) is 0 Å². The molecule has 1 saturated heterocycles. The molecule has 0 aliphatic carbocycles. The Balaban J connectivity index is 0.000000146. The van der Waals surface area contributed by atoms with Gasteiger partial charge in [0.05, 0.1) is 0 Å². The van der Waals surface area contributed by atoms with Crippen LogP contribution in [-0.4, -0.2) is 26.2 Å². The lowest BCUT2D eigenvalue weighted by Crippen LogP contribution is -2.39. The molecule has 1 fully saturated rings. The van der Waals surface area contributed by atoms with E-state index in [0.29, 0.717) is 10.7 Å².